The molecule has 0 atom stereocenters. The standard InChI is InChI=1S/C26H17Br2N3O5/c1-14(32)35-24-16(10-18(28)12-22(24)34-2)13-29-31-25(30-20-6-4-3-5-19(20)26(31)33)23-11-15-9-17(27)7-8-21(15)36-23/h3-13H,1-2H3. The summed E-state index contributed by atoms with van der Waals surface area (Å²) in [7, 11) is 1.46. The molecule has 0 unspecified atom stereocenters. The van der Waals surface area contributed by atoms with Gasteiger partial charge < -0.3 is 13.9 Å². The SMILES string of the molecule is COc1cc(Br)cc(C=Nn2c(-c3cc4cc(Br)ccc4o3)nc3ccccc3c2=O)c1OC(C)=O. The molecule has 10 heteroatoms. The molecule has 8 nitrogen and oxygen atoms in total. The molecule has 0 spiro atoms. The number of rotatable bonds is 5. The minimum Gasteiger partial charge on any atom is -0.493 e. The van der Waals surface area contributed by atoms with Gasteiger partial charge in [0.2, 0.25) is 5.82 Å². The predicted octanol–water partition coefficient (Wildman–Crippen LogP) is 6.15. The van der Waals surface area contributed by atoms with Gasteiger partial charge in [-0.2, -0.15) is 9.78 Å². The predicted molar refractivity (Wildman–Crippen MR) is 144 cm³/mol. The number of benzene rings is 3. The van der Waals surface area contributed by atoms with Gasteiger partial charge >= 0.3 is 5.97 Å². The normalized spacial score (nSPS) is 11.4. The van der Waals surface area contributed by atoms with Crippen molar-refractivity contribution in [2.45, 2.75) is 6.92 Å². The Kier molecular flexibility index (Phi) is 6.46. The third-order valence-corrected chi connectivity index (χ3v) is 6.23. The first kappa shape index (κ1) is 24.0. The van der Waals surface area contributed by atoms with Gasteiger partial charge in [-0.15, -0.1) is 0 Å². The van der Waals surface area contributed by atoms with E-state index in [9.17, 15) is 9.59 Å². The smallest absolute Gasteiger partial charge is 0.308 e. The summed E-state index contributed by atoms with van der Waals surface area (Å²) in [5.41, 5.74) is 1.18. The molecule has 5 aromatic rings. The Bertz CT molecular complexity index is 1740. The Hall–Kier alpha value is -3.76. The summed E-state index contributed by atoms with van der Waals surface area (Å²) in [6.45, 7) is 1.29. The molecular formula is C26H17Br2N3O5. The van der Waals surface area contributed by atoms with Crippen LogP contribution in [-0.4, -0.2) is 29.0 Å². The van der Waals surface area contributed by atoms with Crippen molar-refractivity contribution in [1.29, 1.82) is 0 Å². The van der Waals surface area contributed by atoms with Crippen molar-refractivity contribution in [3.8, 4) is 23.1 Å². The van der Waals surface area contributed by atoms with Gasteiger partial charge in [-0.3, -0.25) is 9.59 Å². The molecule has 3 aromatic carbocycles. The van der Waals surface area contributed by atoms with E-state index >= 15 is 0 Å². The van der Waals surface area contributed by atoms with Crippen LogP contribution in [-0.2, 0) is 4.79 Å². The van der Waals surface area contributed by atoms with Crippen molar-refractivity contribution in [3.63, 3.8) is 0 Å². The molecule has 180 valence electrons. The van der Waals surface area contributed by atoms with E-state index in [1.807, 2.05) is 18.2 Å². The number of hydrogen-bond acceptors (Lipinski definition) is 7. The fourth-order valence-corrected chi connectivity index (χ4v) is 4.56. The molecule has 5 rings (SSSR count). The number of hydrogen-bond donors (Lipinski definition) is 0. The van der Waals surface area contributed by atoms with E-state index in [-0.39, 0.29) is 17.1 Å². The zero-order valence-corrected chi connectivity index (χ0v) is 22.2. The Labute approximate surface area is 221 Å². The van der Waals surface area contributed by atoms with Crippen molar-refractivity contribution < 1.29 is 18.7 Å². The van der Waals surface area contributed by atoms with Crippen LogP contribution in [0.1, 0.15) is 12.5 Å². The minimum atomic E-state index is -0.524. The number of halogens is 2. The number of fused-ring (bicyclic) bond motifs is 2. The summed E-state index contributed by atoms with van der Waals surface area (Å²) >= 11 is 6.88. The van der Waals surface area contributed by atoms with Crippen molar-refractivity contribution in [1.82, 2.24) is 9.66 Å². The highest BCUT2D eigenvalue weighted by Crippen LogP contribution is 2.34. The van der Waals surface area contributed by atoms with Gasteiger partial charge in [0.05, 0.1) is 24.2 Å². The maximum atomic E-state index is 13.5. The average molecular weight is 611 g/mol. The molecule has 2 heterocycles. The highest BCUT2D eigenvalue weighted by Gasteiger charge is 2.18. The number of esters is 1. The molecule has 0 radical (unpaired) electrons. The quantitative estimate of drug-likeness (QED) is 0.135. The summed E-state index contributed by atoms with van der Waals surface area (Å²) < 4.78 is 19.5. The number of aromatic nitrogens is 2. The Morgan fingerprint density at radius 1 is 1.08 bits per heavy atom. The molecule has 0 bridgehead atoms. The van der Waals surface area contributed by atoms with Gasteiger partial charge in [-0.25, -0.2) is 4.98 Å². The van der Waals surface area contributed by atoms with E-state index < -0.39 is 5.97 Å². The van der Waals surface area contributed by atoms with Crippen LogP contribution >= 0.6 is 31.9 Å². The summed E-state index contributed by atoms with van der Waals surface area (Å²) in [6.07, 6.45) is 1.41. The van der Waals surface area contributed by atoms with Gasteiger partial charge in [-0.05, 0) is 48.5 Å². The molecule has 0 amide bonds. The van der Waals surface area contributed by atoms with E-state index in [0.29, 0.717) is 38.0 Å². The Balaban J connectivity index is 1.73. The van der Waals surface area contributed by atoms with Crippen LogP contribution in [0.4, 0.5) is 0 Å². The average Bonchev–Trinajstić information content (AvgIpc) is 3.27. The second-order valence-corrected chi connectivity index (χ2v) is 9.56. The van der Waals surface area contributed by atoms with Gasteiger partial charge in [0.1, 0.15) is 5.58 Å². The summed E-state index contributed by atoms with van der Waals surface area (Å²) in [4.78, 5) is 29.9. The van der Waals surface area contributed by atoms with Gasteiger partial charge in [0.15, 0.2) is 17.3 Å². The topological polar surface area (TPSA) is 95.9 Å². The minimum absolute atomic E-state index is 0.175. The lowest BCUT2D eigenvalue weighted by atomic mass is 10.2. The molecule has 0 aliphatic heterocycles. The lowest BCUT2D eigenvalue weighted by Gasteiger charge is -2.12. The summed E-state index contributed by atoms with van der Waals surface area (Å²) in [5, 5.41) is 5.69. The number of methoxy groups -OCH3 is 1. The first-order valence-corrected chi connectivity index (χ1v) is 12.2. The molecule has 0 saturated heterocycles. The molecule has 0 saturated carbocycles. The van der Waals surface area contributed by atoms with Crippen LogP contribution in [0.15, 0.2) is 83.9 Å². The molecule has 0 N–H and O–H groups in total. The van der Waals surface area contributed by atoms with Crippen LogP contribution in [0.25, 0.3) is 33.5 Å². The van der Waals surface area contributed by atoms with E-state index in [0.717, 1.165) is 9.86 Å². The number of carbonyl (C=O) groups excluding carboxylic acids is 1. The number of carbonyl (C=O) groups is 1. The first-order chi connectivity index (χ1) is 17.3. The maximum Gasteiger partial charge on any atom is 0.308 e. The fraction of sp³-hybridized carbons (Fsp3) is 0.0769. The second kappa shape index (κ2) is 9.71. The van der Waals surface area contributed by atoms with Crippen molar-refractivity contribution >= 4 is 65.9 Å². The van der Waals surface area contributed by atoms with Crippen LogP contribution in [0.3, 0.4) is 0 Å². The van der Waals surface area contributed by atoms with Crippen molar-refractivity contribution in [2.75, 3.05) is 7.11 Å². The van der Waals surface area contributed by atoms with Crippen molar-refractivity contribution in [3.05, 3.63) is 85.5 Å². The third kappa shape index (κ3) is 4.57. The molecule has 36 heavy (non-hydrogen) atoms. The maximum absolute atomic E-state index is 13.5. The zero-order chi connectivity index (χ0) is 25.4. The van der Waals surface area contributed by atoms with E-state index in [1.165, 1.54) is 24.9 Å². The summed E-state index contributed by atoms with van der Waals surface area (Å²) in [6, 6.07) is 17.8. The van der Waals surface area contributed by atoms with Crippen LogP contribution in [0, 0.1) is 0 Å². The Morgan fingerprint density at radius 2 is 1.89 bits per heavy atom. The Morgan fingerprint density at radius 3 is 2.67 bits per heavy atom. The number of furan rings is 1. The number of nitrogens with zero attached hydrogens (tertiary/aromatic N) is 3. The van der Waals surface area contributed by atoms with Gasteiger partial charge in [-0.1, -0.05) is 44.0 Å². The zero-order valence-electron chi connectivity index (χ0n) is 19.0. The van der Waals surface area contributed by atoms with Crippen molar-refractivity contribution in [2.24, 2.45) is 5.10 Å². The lowest BCUT2D eigenvalue weighted by molar-refractivity contribution is -0.132. The highest BCUT2D eigenvalue weighted by atomic mass is 79.9. The first-order valence-electron chi connectivity index (χ1n) is 10.7. The summed E-state index contributed by atoms with van der Waals surface area (Å²) in [5.74, 6) is 0.569. The molecule has 0 aliphatic carbocycles. The number of ether oxygens (including phenoxy) is 2. The van der Waals surface area contributed by atoms with E-state index in [2.05, 4.69) is 41.9 Å². The third-order valence-electron chi connectivity index (χ3n) is 5.28. The van der Waals surface area contributed by atoms with E-state index in [4.69, 9.17) is 13.9 Å². The second-order valence-electron chi connectivity index (χ2n) is 7.73. The molecular weight excluding hydrogens is 594 g/mol. The molecule has 2 aromatic heterocycles. The van der Waals surface area contributed by atoms with Crippen LogP contribution in [0.2, 0.25) is 0 Å². The molecule has 0 fully saturated rings. The van der Waals surface area contributed by atoms with Gasteiger partial charge in [0, 0.05) is 26.8 Å². The lowest BCUT2D eigenvalue weighted by Crippen LogP contribution is -2.20. The molecule has 0 aliphatic rings. The van der Waals surface area contributed by atoms with Gasteiger partial charge in [0.25, 0.3) is 5.56 Å². The highest BCUT2D eigenvalue weighted by molar-refractivity contribution is 9.10. The number of para-hydroxylation sites is 1. The van der Waals surface area contributed by atoms with E-state index in [1.54, 1.807) is 42.5 Å². The van der Waals surface area contributed by atoms with Crippen LogP contribution < -0.4 is 15.0 Å². The largest absolute Gasteiger partial charge is 0.493 e. The monoisotopic (exact) mass is 609 g/mol. The van der Waals surface area contributed by atoms with Crippen LogP contribution in [0.5, 0.6) is 11.5 Å². The fourth-order valence-electron chi connectivity index (χ4n) is 3.72.